The minimum Gasteiger partial charge on any atom is -0.396 e. The molecule has 0 aromatic carbocycles. The van der Waals surface area contributed by atoms with E-state index in [2.05, 4.69) is 17.1 Å². The lowest BCUT2D eigenvalue weighted by Crippen LogP contribution is -2.46. The van der Waals surface area contributed by atoms with E-state index in [-0.39, 0.29) is 18.6 Å². The number of aliphatic hydroxyl groups excluding tert-OH is 1. The third kappa shape index (κ3) is 6.23. The van der Waals surface area contributed by atoms with Crippen LogP contribution < -0.4 is 5.32 Å². The maximum Gasteiger partial charge on any atom is 0.237 e. The molecule has 1 saturated heterocycles. The Hall–Kier alpha value is -0.610. The molecule has 1 amide bonds. The van der Waals surface area contributed by atoms with Gasteiger partial charge < -0.3 is 10.4 Å². The molecule has 2 N–H and O–H groups in total. The van der Waals surface area contributed by atoms with Gasteiger partial charge in [0.2, 0.25) is 5.91 Å². The second-order valence-electron chi connectivity index (χ2n) is 6.04. The lowest BCUT2D eigenvalue weighted by Gasteiger charge is -2.27. The van der Waals surface area contributed by atoms with E-state index in [1.165, 1.54) is 25.7 Å². The summed E-state index contributed by atoms with van der Waals surface area (Å²) in [7, 11) is 0. The minimum absolute atomic E-state index is 0.0236. The molecule has 0 saturated carbocycles. The van der Waals surface area contributed by atoms with Crippen LogP contribution in [0.3, 0.4) is 0 Å². The molecule has 118 valence electrons. The minimum atomic E-state index is -0.0236. The van der Waals surface area contributed by atoms with Crippen molar-refractivity contribution in [3.8, 4) is 0 Å². The summed E-state index contributed by atoms with van der Waals surface area (Å²) in [6.45, 7) is 7.16. The molecule has 0 spiro atoms. The van der Waals surface area contributed by atoms with Crippen LogP contribution in [0, 0.1) is 5.92 Å². The van der Waals surface area contributed by atoms with Gasteiger partial charge in [0.15, 0.2) is 0 Å². The molecule has 0 aromatic rings. The van der Waals surface area contributed by atoms with Crippen molar-refractivity contribution >= 4 is 5.91 Å². The molecular weight excluding hydrogens is 252 g/mol. The highest BCUT2D eigenvalue weighted by Gasteiger charge is 2.22. The SMILES string of the molecule is CCCC(CCO)CNC(=O)C(C)N1CCCCCC1. The van der Waals surface area contributed by atoms with Crippen molar-refractivity contribution in [3.05, 3.63) is 0 Å². The first-order valence-electron chi connectivity index (χ1n) is 8.31. The van der Waals surface area contributed by atoms with Gasteiger partial charge in [0.25, 0.3) is 0 Å². The summed E-state index contributed by atoms with van der Waals surface area (Å²) >= 11 is 0. The first-order valence-corrected chi connectivity index (χ1v) is 8.31. The zero-order chi connectivity index (χ0) is 14.8. The zero-order valence-electron chi connectivity index (χ0n) is 13.2. The molecule has 0 bridgehead atoms. The number of hydrogen-bond donors (Lipinski definition) is 2. The molecule has 1 heterocycles. The molecule has 2 atom stereocenters. The lowest BCUT2D eigenvalue weighted by atomic mass is 10.00. The summed E-state index contributed by atoms with van der Waals surface area (Å²) in [6.07, 6.45) is 7.95. The van der Waals surface area contributed by atoms with Crippen molar-refractivity contribution in [2.24, 2.45) is 5.92 Å². The summed E-state index contributed by atoms with van der Waals surface area (Å²) in [4.78, 5) is 14.6. The van der Waals surface area contributed by atoms with Gasteiger partial charge in [-0.1, -0.05) is 26.2 Å². The van der Waals surface area contributed by atoms with Gasteiger partial charge in [-0.25, -0.2) is 0 Å². The second-order valence-corrected chi connectivity index (χ2v) is 6.04. The molecule has 1 fully saturated rings. The van der Waals surface area contributed by atoms with Gasteiger partial charge in [0.05, 0.1) is 6.04 Å². The summed E-state index contributed by atoms with van der Waals surface area (Å²) in [5.41, 5.74) is 0. The van der Waals surface area contributed by atoms with Gasteiger partial charge >= 0.3 is 0 Å². The van der Waals surface area contributed by atoms with E-state index in [0.717, 1.165) is 32.4 Å². The van der Waals surface area contributed by atoms with Crippen molar-refractivity contribution in [3.63, 3.8) is 0 Å². The topological polar surface area (TPSA) is 52.6 Å². The highest BCUT2D eigenvalue weighted by Crippen LogP contribution is 2.13. The van der Waals surface area contributed by atoms with Gasteiger partial charge in [-0.2, -0.15) is 0 Å². The number of rotatable bonds is 8. The Kier molecular flexibility index (Phi) is 8.86. The maximum absolute atomic E-state index is 12.3. The average molecular weight is 284 g/mol. The average Bonchev–Trinajstić information content (AvgIpc) is 2.73. The monoisotopic (exact) mass is 284 g/mol. The number of amides is 1. The van der Waals surface area contributed by atoms with Crippen molar-refractivity contribution in [1.29, 1.82) is 0 Å². The first-order chi connectivity index (χ1) is 9.69. The van der Waals surface area contributed by atoms with Crippen molar-refractivity contribution in [2.45, 2.75) is 64.8 Å². The summed E-state index contributed by atoms with van der Waals surface area (Å²) < 4.78 is 0. The first kappa shape index (κ1) is 17.4. The van der Waals surface area contributed by atoms with Gasteiger partial charge in [-0.05, 0) is 51.6 Å². The largest absolute Gasteiger partial charge is 0.396 e. The molecule has 20 heavy (non-hydrogen) atoms. The Balaban J connectivity index is 2.35. The second kappa shape index (κ2) is 10.2. The van der Waals surface area contributed by atoms with E-state index in [1.807, 2.05) is 6.92 Å². The van der Waals surface area contributed by atoms with Crippen LogP contribution in [0.4, 0.5) is 0 Å². The van der Waals surface area contributed by atoms with E-state index >= 15 is 0 Å². The third-order valence-corrected chi connectivity index (χ3v) is 4.37. The van der Waals surface area contributed by atoms with Crippen LogP contribution in [0.25, 0.3) is 0 Å². The fraction of sp³-hybridized carbons (Fsp3) is 0.938. The van der Waals surface area contributed by atoms with E-state index in [1.54, 1.807) is 0 Å². The van der Waals surface area contributed by atoms with Crippen LogP contribution in [-0.4, -0.2) is 48.2 Å². The number of hydrogen-bond acceptors (Lipinski definition) is 3. The van der Waals surface area contributed by atoms with Crippen LogP contribution in [0.15, 0.2) is 0 Å². The van der Waals surface area contributed by atoms with Gasteiger partial charge in [-0.15, -0.1) is 0 Å². The number of carbonyl (C=O) groups excluding carboxylic acids is 1. The Morgan fingerprint density at radius 2 is 1.85 bits per heavy atom. The van der Waals surface area contributed by atoms with Crippen LogP contribution in [0.2, 0.25) is 0 Å². The van der Waals surface area contributed by atoms with E-state index in [0.29, 0.717) is 12.5 Å². The van der Waals surface area contributed by atoms with Gasteiger partial charge in [0, 0.05) is 13.2 Å². The standard InChI is InChI=1S/C16H32N2O2/c1-3-8-15(9-12-19)13-17-16(20)14(2)18-10-6-4-5-7-11-18/h14-15,19H,3-13H2,1-2H3,(H,17,20). The van der Waals surface area contributed by atoms with Crippen LogP contribution in [0.5, 0.6) is 0 Å². The molecule has 4 nitrogen and oxygen atoms in total. The molecule has 1 rings (SSSR count). The van der Waals surface area contributed by atoms with Crippen molar-refractivity contribution in [2.75, 3.05) is 26.2 Å². The predicted octanol–water partition coefficient (Wildman–Crippen LogP) is 2.17. The van der Waals surface area contributed by atoms with Crippen molar-refractivity contribution in [1.82, 2.24) is 10.2 Å². The van der Waals surface area contributed by atoms with Crippen LogP contribution >= 0.6 is 0 Å². The molecular formula is C16H32N2O2. The normalized spacial score (nSPS) is 20.1. The molecule has 1 aliphatic heterocycles. The quantitative estimate of drug-likeness (QED) is 0.718. The summed E-state index contributed by atoms with van der Waals surface area (Å²) in [6, 6.07) is -0.0236. The van der Waals surface area contributed by atoms with Crippen LogP contribution in [-0.2, 0) is 4.79 Å². The Bertz CT molecular complexity index is 257. The molecule has 0 radical (unpaired) electrons. The Morgan fingerprint density at radius 1 is 1.20 bits per heavy atom. The highest BCUT2D eigenvalue weighted by molar-refractivity contribution is 5.81. The smallest absolute Gasteiger partial charge is 0.237 e. The molecule has 4 heteroatoms. The third-order valence-electron chi connectivity index (χ3n) is 4.37. The fourth-order valence-corrected chi connectivity index (χ4v) is 2.98. The number of nitrogens with zero attached hydrogens (tertiary/aromatic N) is 1. The van der Waals surface area contributed by atoms with Crippen molar-refractivity contribution < 1.29 is 9.90 Å². The summed E-state index contributed by atoms with van der Waals surface area (Å²) in [5.74, 6) is 0.552. The molecule has 1 aliphatic rings. The Morgan fingerprint density at radius 3 is 2.40 bits per heavy atom. The summed E-state index contributed by atoms with van der Waals surface area (Å²) in [5, 5.41) is 12.1. The lowest BCUT2D eigenvalue weighted by molar-refractivity contribution is -0.126. The van der Waals surface area contributed by atoms with Gasteiger partial charge in [0.1, 0.15) is 0 Å². The fourth-order valence-electron chi connectivity index (χ4n) is 2.98. The number of carbonyl (C=O) groups is 1. The Labute approximate surface area is 123 Å². The predicted molar refractivity (Wildman–Crippen MR) is 82.6 cm³/mol. The number of nitrogens with one attached hydrogen (secondary N) is 1. The number of aliphatic hydroxyl groups is 1. The molecule has 0 aromatic heterocycles. The van der Waals surface area contributed by atoms with Gasteiger partial charge in [-0.3, -0.25) is 9.69 Å². The molecule has 0 aliphatic carbocycles. The van der Waals surface area contributed by atoms with Crippen LogP contribution in [0.1, 0.15) is 58.8 Å². The number of likely N-dealkylation sites (tertiary alicyclic amines) is 1. The maximum atomic E-state index is 12.3. The highest BCUT2D eigenvalue weighted by atomic mass is 16.3. The zero-order valence-corrected chi connectivity index (χ0v) is 13.2. The van der Waals surface area contributed by atoms with E-state index in [4.69, 9.17) is 5.11 Å². The van der Waals surface area contributed by atoms with E-state index < -0.39 is 0 Å². The molecule has 2 unspecified atom stereocenters. The van der Waals surface area contributed by atoms with E-state index in [9.17, 15) is 4.79 Å².